The number of amides is 2. The summed E-state index contributed by atoms with van der Waals surface area (Å²) in [6.07, 6.45) is 2.24. The second-order valence-electron chi connectivity index (χ2n) is 6.81. The molecule has 0 heterocycles. The lowest BCUT2D eigenvalue weighted by Crippen LogP contribution is -2.40. The van der Waals surface area contributed by atoms with E-state index in [-0.39, 0.29) is 18.1 Å². The zero-order valence-corrected chi connectivity index (χ0v) is 16.5. The minimum absolute atomic E-state index is 0.0123. The van der Waals surface area contributed by atoms with E-state index in [1.165, 1.54) is 0 Å². The fourth-order valence-corrected chi connectivity index (χ4v) is 3.33. The number of carbonyl (C=O) groups excluding carboxylic acids is 1. The largest absolute Gasteiger partial charge is 0.497 e. The van der Waals surface area contributed by atoms with Crippen LogP contribution in [0.1, 0.15) is 43.0 Å². The van der Waals surface area contributed by atoms with Crippen molar-refractivity contribution in [2.75, 3.05) is 14.2 Å². The Morgan fingerprint density at radius 2 is 1.78 bits per heavy atom. The van der Waals surface area contributed by atoms with Crippen LogP contribution in [-0.2, 0) is 0 Å². The number of hydrogen-bond donors (Lipinski definition) is 2. The van der Waals surface area contributed by atoms with Crippen LogP contribution in [-0.4, -0.2) is 20.3 Å². The monoisotopic (exact) mass is 388 g/mol. The van der Waals surface area contributed by atoms with E-state index < -0.39 is 0 Å². The van der Waals surface area contributed by atoms with E-state index >= 15 is 0 Å². The van der Waals surface area contributed by atoms with Crippen molar-refractivity contribution in [2.45, 2.75) is 31.8 Å². The van der Waals surface area contributed by atoms with Crippen LogP contribution in [0.25, 0.3) is 0 Å². The van der Waals surface area contributed by atoms with E-state index in [1.807, 2.05) is 49.4 Å². The Morgan fingerprint density at radius 1 is 1.07 bits per heavy atom. The van der Waals surface area contributed by atoms with Crippen molar-refractivity contribution in [1.29, 1.82) is 0 Å². The van der Waals surface area contributed by atoms with Gasteiger partial charge in [0.05, 0.1) is 26.3 Å². The average molecular weight is 389 g/mol. The Morgan fingerprint density at radius 3 is 2.37 bits per heavy atom. The topological polar surface area (TPSA) is 59.6 Å². The third kappa shape index (κ3) is 4.86. The van der Waals surface area contributed by atoms with Gasteiger partial charge in [-0.1, -0.05) is 23.7 Å². The first-order chi connectivity index (χ1) is 13.0. The predicted octanol–water partition coefficient (Wildman–Crippen LogP) is 4.87. The molecule has 0 unspecified atom stereocenters. The summed E-state index contributed by atoms with van der Waals surface area (Å²) in [5.41, 5.74) is 1.94. The number of ether oxygens (including phenoxy) is 2. The van der Waals surface area contributed by atoms with Gasteiger partial charge in [0.25, 0.3) is 0 Å². The molecule has 2 atom stereocenters. The molecule has 1 fully saturated rings. The van der Waals surface area contributed by atoms with Crippen molar-refractivity contribution in [3.05, 3.63) is 58.6 Å². The number of halogens is 1. The first-order valence-corrected chi connectivity index (χ1v) is 9.44. The van der Waals surface area contributed by atoms with Gasteiger partial charge in [-0.15, -0.1) is 0 Å². The highest BCUT2D eigenvalue weighted by Gasteiger charge is 2.33. The maximum atomic E-state index is 12.6. The Kier molecular flexibility index (Phi) is 6.11. The van der Waals surface area contributed by atoms with Crippen molar-refractivity contribution in [1.82, 2.24) is 10.6 Å². The van der Waals surface area contributed by atoms with Gasteiger partial charge in [0, 0.05) is 10.6 Å². The molecule has 5 nitrogen and oxygen atoms in total. The van der Waals surface area contributed by atoms with Gasteiger partial charge in [-0.05, 0) is 61.6 Å². The smallest absolute Gasteiger partial charge is 0.315 e. The number of methoxy groups -OCH3 is 2. The number of benzene rings is 2. The van der Waals surface area contributed by atoms with E-state index in [1.54, 1.807) is 14.2 Å². The lowest BCUT2D eigenvalue weighted by molar-refractivity contribution is 0.232. The normalized spacial score (nSPS) is 15.6. The fourth-order valence-electron chi connectivity index (χ4n) is 3.21. The lowest BCUT2D eigenvalue weighted by Gasteiger charge is -2.22. The summed E-state index contributed by atoms with van der Waals surface area (Å²) >= 11 is 5.99. The second kappa shape index (κ2) is 8.53. The number of nitrogens with one attached hydrogen (secondary N) is 2. The van der Waals surface area contributed by atoms with Crippen LogP contribution < -0.4 is 20.1 Å². The molecule has 0 spiro atoms. The van der Waals surface area contributed by atoms with E-state index in [9.17, 15) is 4.79 Å². The van der Waals surface area contributed by atoms with Crippen LogP contribution >= 0.6 is 11.6 Å². The minimum Gasteiger partial charge on any atom is -0.497 e. The van der Waals surface area contributed by atoms with E-state index in [2.05, 4.69) is 10.6 Å². The Balaban J connectivity index is 1.70. The maximum Gasteiger partial charge on any atom is 0.315 e. The molecule has 3 rings (SSSR count). The summed E-state index contributed by atoms with van der Waals surface area (Å²) in [5, 5.41) is 6.81. The zero-order valence-electron chi connectivity index (χ0n) is 15.8. The first-order valence-electron chi connectivity index (χ1n) is 9.06. The average Bonchev–Trinajstić information content (AvgIpc) is 3.51. The molecule has 1 aliphatic carbocycles. The molecule has 6 heteroatoms. The minimum atomic E-state index is -0.236. The number of carbonyl (C=O) groups is 1. The third-order valence-corrected chi connectivity index (χ3v) is 5.11. The Labute approximate surface area is 165 Å². The molecular weight excluding hydrogens is 364 g/mol. The highest BCUT2D eigenvalue weighted by molar-refractivity contribution is 6.30. The van der Waals surface area contributed by atoms with Crippen LogP contribution in [0.4, 0.5) is 4.79 Å². The fraction of sp³-hybridized carbons (Fsp3) is 0.381. The van der Waals surface area contributed by atoms with Crippen molar-refractivity contribution < 1.29 is 14.3 Å². The molecule has 27 heavy (non-hydrogen) atoms. The molecule has 0 saturated heterocycles. The highest BCUT2D eigenvalue weighted by atomic mass is 35.5. The summed E-state index contributed by atoms with van der Waals surface area (Å²) in [6, 6.07) is 12.7. The molecule has 0 radical (unpaired) electrons. The molecule has 0 bridgehead atoms. The van der Waals surface area contributed by atoms with E-state index in [0.717, 1.165) is 29.7 Å². The molecule has 1 aliphatic rings. The standard InChI is InChI=1S/C21H25ClN2O3/c1-13(18-12-17(26-2)10-11-19(18)27-3)23-21(25)24-20(14-4-5-14)15-6-8-16(22)9-7-15/h6-14,20H,4-5H2,1-3H3,(H2,23,24,25)/t13-,20+/m1/s1. The molecule has 144 valence electrons. The van der Waals surface area contributed by atoms with Gasteiger partial charge in [0.2, 0.25) is 0 Å². The van der Waals surface area contributed by atoms with Gasteiger partial charge in [-0.25, -0.2) is 4.79 Å². The van der Waals surface area contributed by atoms with Crippen LogP contribution in [0.5, 0.6) is 11.5 Å². The molecule has 0 aromatic heterocycles. The Bertz CT molecular complexity index is 791. The third-order valence-electron chi connectivity index (χ3n) is 4.86. The van der Waals surface area contributed by atoms with Gasteiger partial charge in [0.15, 0.2) is 0 Å². The highest BCUT2D eigenvalue weighted by Crippen LogP contribution is 2.41. The van der Waals surface area contributed by atoms with Crippen molar-refractivity contribution in [2.24, 2.45) is 5.92 Å². The van der Waals surface area contributed by atoms with Crippen LogP contribution in [0.2, 0.25) is 5.02 Å². The van der Waals surface area contributed by atoms with Crippen LogP contribution in [0, 0.1) is 5.92 Å². The van der Waals surface area contributed by atoms with Crippen molar-refractivity contribution >= 4 is 17.6 Å². The summed E-state index contributed by atoms with van der Waals surface area (Å²) < 4.78 is 10.7. The summed E-state index contributed by atoms with van der Waals surface area (Å²) in [6.45, 7) is 1.92. The van der Waals surface area contributed by atoms with E-state index in [0.29, 0.717) is 16.7 Å². The molecule has 2 amide bonds. The number of urea groups is 1. The van der Waals surface area contributed by atoms with Crippen LogP contribution in [0.15, 0.2) is 42.5 Å². The molecule has 2 N–H and O–H groups in total. The van der Waals surface area contributed by atoms with Gasteiger partial charge in [-0.2, -0.15) is 0 Å². The molecular formula is C21H25ClN2O3. The summed E-state index contributed by atoms with van der Waals surface area (Å²) in [7, 11) is 3.23. The maximum absolute atomic E-state index is 12.6. The molecule has 0 aliphatic heterocycles. The van der Waals surface area contributed by atoms with Crippen molar-refractivity contribution in [3.8, 4) is 11.5 Å². The van der Waals surface area contributed by atoms with Crippen LogP contribution in [0.3, 0.4) is 0 Å². The summed E-state index contributed by atoms with van der Waals surface area (Å²) in [5.74, 6) is 1.90. The first kappa shape index (κ1) is 19.4. The van der Waals surface area contributed by atoms with E-state index in [4.69, 9.17) is 21.1 Å². The second-order valence-corrected chi connectivity index (χ2v) is 7.25. The predicted molar refractivity (Wildman–Crippen MR) is 107 cm³/mol. The number of rotatable bonds is 7. The Hall–Kier alpha value is -2.40. The SMILES string of the molecule is COc1ccc(OC)c([C@@H](C)NC(=O)N[C@H](c2ccc(Cl)cc2)C2CC2)c1. The van der Waals surface area contributed by atoms with Gasteiger partial charge >= 0.3 is 6.03 Å². The van der Waals surface area contributed by atoms with Gasteiger partial charge < -0.3 is 20.1 Å². The molecule has 1 saturated carbocycles. The summed E-state index contributed by atoms with van der Waals surface area (Å²) in [4.78, 5) is 12.6. The molecule has 2 aromatic carbocycles. The molecule has 2 aromatic rings. The number of hydrogen-bond acceptors (Lipinski definition) is 3. The quantitative estimate of drug-likeness (QED) is 0.711. The zero-order chi connectivity index (χ0) is 19.4. The lowest BCUT2D eigenvalue weighted by atomic mass is 10.0. The van der Waals surface area contributed by atoms with Gasteiger partial charge in [0.1, 0.15) is 11.5 Å². The van der Waals surface area contributed by atoms with Crippen molar-refractivity contribution in [3.63, 3.8) is 0 Å². The van der Waals surface area contributed by atoms with Gasteiger partial charge in [-0.3, -0.25) is 0 Å².